The standard InChI is InChI=1S/C12H21NO6/c1-13(2,3)8-12(18,7-10(15)16)9(14)5-6-11(17)19-4/h18H,5-8H2,1-4H3. The molecule has 7 nitrogen and oxygen atoms in total. The van der Waals surface area contributed by atoms with Crippen molar-refractivity contribution in [3.63, 3.8) is 0 Å². The molecule has 0 aliphatic rings. The van der Waals surface area contributed by atoms with Gasteiger partial charge in [0.05, 0.1) is 34.7 Å². The van der Waals surface area contributed by atoms with Gasteiger partial charge in [-0.15, -0.1) is 0 Å². The number of esters is 1. The summed E-state index contributed by atoms with van der Waals surface area (Å²) in [7, 11) is 6.34. The maximum Gasteiger partial charge on any atom is 0.305 e. The van der Waals surface area contributed by atoms with Crippen LogP contribution in [0.25, 0.3) is 0 Å². The van der Waals surface area contributed by atoms with Gasteiger partial charge in [0.25, 0.3) is 0 Å². The van der Waals surface area contributed by atoms with E-state index in [9.17, 15) is 24.6 Å². The van der Waals surface area contributed by atoms with Gasteiger partial charge in [-0.2, -0.15) is 0 Å². The number of hydrogen-bond donors (Lipinski definition) is 1. The van der Waals surface area contributed by atoms with E-state index in [1.54, 1.807) is 21.1 Å². The molecule has 1 atom stereocenters. The second-order valence-corrected chi connectivity index (χ2v) is 5.53. The lowest BCUT2D eigenvalue weighted by molar-refractivity contribution is -0.875. The van der Waals surface area contributed by atoms with Crippen LogP contribution in [0.1, 0.15) is 19.3 Å². The number of aliphatic hydroxyl groups is 1. The van der Waals surface area contributed by atoms with Crippen LogP contribution in [0, 0.1) is 0 Å². The van der Waals surface area contributed by atoms with Gasteiger partial charge in [-0.1, -0.05) is 0 Å². The molecule has 1 unspecified atom stereocenters. The van der Waals surface area contributed by atoms with Crippen LogP contribution in [0.3, 0.4) is 0 Å². The highest BCUT2D eigenvalue weighted by molar-refractivity contribution is 5.92. The number of ether oxygens (including phenoxy) is 1. The molecule has 0 spiro atoms. The first-order valence-corrected chi connectivity index (χ1v) is 5.83. The number of carbonyl (C=O) groups is 3. The van der Waals surface area contributed by atoms with Crippen LogP contribution in [-0.4, -0.2) is 67.7 Å². The first-order valence-electron chi connectivity index (χ1n) is 5.83. The van der Waals surface area contributed by atoms with E-state index in [4.69, 9.17) is 0 Å². The molecule has 0 amide bonds. The Morgan fingerprint density at radius 2 is 1.74 bits per heavy atom. The fourth-order valence-electron chi connectivity index (χ4n) is 1.82. The number of methoxy groups -OCH3 is 1. The van der Waals surface area contributed by atoms with Crippen molar-refractivity contribution < 1.29 is 33.8 Å². The maximum atomic E-state index is 11.9. The third-order valence-electron chi connectivity index (χ3n) is 2.48. The van der Waals surface area contributed by atoms with Crippen molar-refractivity contribution in [1.82, 2.24) is 0 Å². The van der Waals surface area contributed by atoms with Gasteiger partial charge in [-0.05, 0) is 0 Å². The van der Waals surface area contributed by atoms with Crippen LogP contribution in [0.15, 0.2) is 0 Å². The predicted molar refractivity (Wildman–Crippen MR) is 63.7 cm³/mol. The van der Waals surface area contributed by atoms with Gasteiger partial charge in [0.15, 0.2) is 11.4 Å². The maximum absolute atomic E-state index is 11.9. The first-order chi connectivity index (χ1) is 8.50. The molecule has 0 aromatic heterocycles. The van der Waals surface area contributed by atoms with E-state index >= 15 is 0 Å². The van der Waals surface area contributed by atoms with Crippen molar-refractivity contribution in [2.45, 2.75) is 24.9 Å². The number of nitrogens with zero attached hydrogens (tertiary/aromatic N) is 1. The number of ketones is 1. The summed E-state index contributed by atoms with van der Waals surface area (Å²) >= 11 is 0. The molecule has 1 N–H and O–H groups in total. The Labute approximate surface area is 112 Å². The Kier molecular flexibility index (Phi) is 6.11. The molecule has 0 heterocycles. The summed E-state index contributed by atoms with van der Waals surface area (Å²) in [5.41, 5.74) is -2.04. The zero-order valence-electron chi connectivity index (χ0n) is 11.8. The van der Waals surface area contributed by atoms with Crippen molar-refractivity contribution in [1.29, 1.82) is 0 Å². The number of carboxylic acid groups (broad SMARTS) is 1. The molecule has 0 aliphatic heterocycles. The highest BCUT2D eigenvalue weighted by Crippen LogP contribution is 2.18. The molecule has 0 aliphatic carbocycles. The summed E-state index contributed by atoms with van der Waals surface area (Å²) < 4.78 is 4.59. The van der Waals surface area contributed by atoms with Crippen molar-refractivity contribution in [3.8, 4) is 0 Å². The molecule has 7 heteroatoms. The Morgan fingerprint density at radius 3 is 2.11 bits per heavy atom. The molecule has 0 radical (unpaired) electrons. The summed E-state index contributed by atoms with van der Waals surface area (Å²) in [6.07, 6.45) is -1.25. The molecule has 110 valence electrons. The van der Waals surface area contributed by atoms with E-state index in [2.05, 4.69) is 4.74 Å². The molecule has 0 saturated heterocycles. The van der Waals surface area contributed by atoms with Crippen LogP contribution in [-0.2, 0) is 19.1 Å². The molecule has 0 saturated carbocycles. The van der Waals surface area contributed by atoms with E-state index in [1.807, 2.05) is 0 Å². The smallest absolute Gasteiger partial charge is 0.305 e. The summed E-state index contributed by atoms with van der Waals surface area (Å²) in [4.78, 5) is 33.6. The van der Waals surface area contributed by atoms with E-state index in [0.29, 0.717) is 0 Å². The summed E-state index contributed by atoms with van der Waals surface area (Å²) in [6.45, 7) is -0.0824. The quantitative estimate of drug-likeness (QED) is 0.409. The Bertz CT molecular complexity index is 360. The lowest BCUT2D eigenvalue weighted by atomic mass is 9.90. The molecule has 0 fully saturated rings. The number of carboxylic acids is 1. The lowest BCUT2D eigenvalue weighted by Gasteiger charge is -2.34. The second-order valence-electron chi connectivity index (χ2n) is 5.53. The molecule has 0 aromatic carbocycles. The van der Waals surface area contributed by atoms with Gasteiger partial charge in [-0.3, -0.25) is 9.59 Å². The number of hydrogen-bond acceptors (Lipinski definition) is 6. The molecule has 0 aromatic rings. The van der Waals surface area contributed by atoms with E-state index in [1.165, 1.54) is 7.11 Å². The zero-order chi connectivity index (χ0) is 15.3. The van der Waals surface area contributed by atoms with Crippen molar-refractivity contribution in [3.05, 3.63) is 0 Å². The van der Waals surface area contributed by atoms with Gasteiger partial charge in [0.2, 0.25) is 0 Å². The molecule has 0 bridgehead atoms. The predicted octanol–water partition coefficient (Wildman–Crippen LogP) is -1.91. The van der Waals surface area contributed by atoms with Gasteiger partial charge < -0.3 is 24.2 Å². The SMILES string of the molecule is COC(=O)CCC(=O)C(O)(CC(=O)[O-])C[N+](C)(C)C. The van der Waals surface area contributed by atoms with E-state index in [0.717, 1.165) is 0 Å². The Hall–Kier alpha value is -1.47. The number of aliphatic carboxylic acids is 1. The summed E-state index contributed by atoms with van der Waals surface area (Å²) in [5.74, 6) is -2.80. The van der Waals surface area contributed by atoms with Crippen molar-refractivity contribution >= 4 is 17.7 Å². The number of quaternary nitrogens is 1. The van der Waals surface area contributed by atoms with Crippen LogP contribution < -0.4 is 5.11 Å². The van der Waals surface area contributed by atoms with Crippen molar-refractivity contribution in [2.24, 2.45) is 0 Å². The Morgan fingerprint density at radius 1 is 1.21 bits per heavy atom. The number of Topliss-reactive ketones (excluding diaryl/α,β-unsaturated/α-hetero) is 1. The van der Waals surface area contributed by atoms with Gasteiger partial charge in [0, 0.05) is 18.8 Å². The minimum absolute atomic E-state index is 0.0824. The zero-order valence-corrected chi connectivity index (χ0v) is 11.8. The van der Waals surface area contributed by atoms with Crippen molar-refractivity contribution in [2.75, 3.05) is 34.8 Å². The third-order valence-corrected chi connectivity index (χ3v) is 2.48. The largest absolute Gasteiger partial charge is 0.550 e. The molecular formula is C12H21NO6. The van der Waals surface area contributed by atoms with Crippen LogP contribution >= 0.6 is 0 Å². The second kappa shape index (κ2) is 6.63. The first kappa shape index (κ1) is 17.5. The molecule has 19 heavy (non-hydrogen) atoms. The fourth-order valence-corrected chi connectivity index (χ4v) is 1.82. The number of rotatable bonds is 8. The topological polar surface area (TPSA) is 104 Å². The van der Waals surface area contributed by atoms with Gasteiger partial charge in [0.1, 0.15) is 6.54 Å². The van der Waals surface area contributed by atoms with Crippen LogP contribution in [0.2, 0.25) is 0 Å². The normalized spacial score (nSPS) is 14.6. The minimum atomic E-state index is -2.04. The van der Waals surface area contributed by atoms with Crippen LogP contribution in [0.4, 0.5) is 0 Å². The average Bonchev–Trinajstić information content (AvgIpc) is 2.21. The highest BCUT2D eigenvalue weighted by atomic mass is 16.5. The van der Waals surface area contributed by atoms with Gasteiger partial charge >= 0.3 is 5.97 Å². The monoisotopic (exact) mass is 275 g/mol. The van der Waals surface area contributed by atoms with Gasteiger partial charge in [-0.25, -0.2) is 0 Å². The average molecular weight is 275 g/mol. The highest BCUT2D eigenvalue weighted by Gasteiger charge is 2.40. The fraction of sp³-hybridized carbons (Fsp3) is 0.750. The minimum Gasteiger partial charge on any atom is -0.550 e. The molecule has 0 rings (SSSR count). The van der Waals surface area contributed by atoms with E-state index < -0.39 is 29.7 Å². The lowest BCUT2D eigenvalue weighted by Crippen LogP contribution is -2.56. The Balaban J connectivity index is 4.87. The van der Waals surface area contributed by atoms with Crippen LogP contribution in [0.5, 0.6) is 0 Å². The third kappa shape index (κ3) is 6.88. The number of likely N-dealkylation sites (N-methyl/N-ethyl adjacent to an activating group) is 1. The summed E-state index contributed by atoms with van der Waals surface area (Å²) in [5, 5.41) is 20.9. The number of carbonyl (C=O) groups excluding carboxylic acids is 3. The summed E-state index contributed by atoms with van der Waals surface area (Å²) in [6, 6.07) is 0. The van der Waals surface area contributed by atoms with E-state index in [-0.39, 0.29) is 23.9 Å². The molecular weight excluding hydrogens is 254 g/mol.